The van der Waals surface area contributed by atoms with E-state index in [1.54, 1.807) is 0 Å². The first-order chi connectivity index (χ1) is 15.4. The first-order valence-corrected chi connectivity index (χ1v) is 11.0. The highest BCUT2D eigenvalue weighted by Gasteiger charge is 2.50. The number of para-hydroxylation sites is 1. The number of carbonyl (C=O) groups is 3. The summed E-state index contributed by atoms with van der Waals surface area (Å²) in [6, 6.07) is 8.01. The van der Waals surface area contributed by atoms with Gasteiger partial charge in [-0.2, -0.15) is 0 Å². The summed E-state index contributed by atoms with van der Waals surface area (Å²) < 4.78 is 11.4. The number of ether oxygens (including phenoxy) is 2. The van der Waals surface area contributed by atoms with E-state index in [2.05, 4.69) is 15.9 Å². The van der Waals surface area contributed by atoms with Crippen molar-refractivity contribution < 1.29 is 29.0 Å². The van der Waals surface area contributed by atoms with Crippen molar-refractivity contribution in [1.29, 1.82) is 0 Å². The van der Waals surface area contributed by atoms with E-state index in [-0.39, 0.29) is 24.5 Å². The second-order valence-corrected chi connectivity index (χ2v) is 8.93. The summed E-state index contributed by atoms with van der Waals surface area (Å²) in [5.74, 6) is 0.975. The molecule has 0 aliphatic carbocycles. The quantitative estimate of drug-likeness (QED) is 0.541. The topological polar surface area (TPSA) is 99.6 Å². The molecular weight excluding hydrogens is 414 g/mol. The lowest BCUT2D eigenvalue weighted by molar-refractivity contribution is -0.153. The lowest BCUT2D eigenvalue weighted by Gasteiger charge is -2.37. The summed E-state index contributed by atoms with van der Waals surface area (Å²) in [5.41, 5.74) is 0.725. The molecule has 1 spiro atoms. The SMILES string of the molecule is CN(C)CC1CC2(CCN(C(=O)CN3CCOc4ccccc4C3)CC2)C(=O)O1.O=CO. The van der Waals surface area contributed by atoms with Crippen LogP contribution in [0.4, 0.5) is 0 Å². The first kappa shape index (κ1) is 24.0. The van der Waals surface area contributed by atoms with Crippen LogP contribution in [0.15, 0.2) is 24.3 Å². The predicted molar refractivity (Wildman–Crippen MR) is 117 cm³/mol. The highest BCUT2D eigenvalue weighted by Crippen LogP contribution is 2.43. The van der Waals surface area contributed by atoms with Crippen molar-refractivity contribution in [2.75, 3.05) is 53.4 Å². The minimum absolute atomic E-state index is 0.0306. The molecule has 0 bridgehead atoms. The van der Waals surface area contributed by atoms with Gasteiger partial charge in [0.15, 0.2) is 0 Å². The molecular formula is C23H33N3O6. The fourth-order valence-corrected chi connectivity index (χ4v) is 4.74. The Morgan fingerprint density at radius 2 is 1.94 bits per heavy atom. The number of rotatable bonds is 4. The molecule has 2 fully saturated rings. The lowest BCUT2D eigenvalue weighted by atomic mass is 9.76. The Labute approximate surface area is 188 Å². The van der Waals surface area contributed by atoms with Crippen LogP contribution in [-0.4, -0.2) is 97.7 Å². The summed E-state index contributed by atoms with van der Waals surface area (Å²) in [4.78, 5) is 39.9. The number of esters is 1. The molecule has 1 amide bonds. The number of cyclic esters (lactones) is 1. The third kappa shape index (κ3) is 5.77. The molecule has 9 heteroatoms. The van der Waals surface area contributed by atoms with Gasteiger partial charge in [-0.1, -0.05) is 18.2 Å². The fraction of sp³-hybridized carbons (Fsp3) is 0.609. The van der Waals surface area contributed by atoms with Gasteiger partial charge in [0.05, 0.1) is 12.0 Å². The van der Waals surface area contributed by atoms with E-state index in [0.29, 0.717) is 39.1 Å². The van der Waals surface area contributed by atoms with Crippen molar-refractivity contribution >= 4 is 18.3 Å². The Balaban J connectivity index is 0.000000913. The van der Waals surface area contributed by atoms with Crippen molar-refractivity contribution in [2.24, 2.45) is 5.41 Å². The van der Waals surface area contributed by atoms with Gasteiger partial charge < -0.3 is 24.4 Å². The van der Waals surface area contributed by atoms with Crippen LogP contribution in [-0.2, 0) is 25.7 Å². The van der Waals surface area contributed by atoms with Crippen LogP contribution < -0.4 is 4.74 Å². The van der Waals surface area contributed by atoms with Gasteiger partial charge in [0.25, 0.3) is 6.47 Å². The average molecular weight is 448 g/mol. The number of fused-ring (bicyclic) bond motifs is 1. The summed E-state index contributed by atoms with van der Waals surface area (Å²) in [6.45, 7) is 4.20. The number of carboxylic acid groups (broad SMARTS) is 1. The molecule has 1 unspecified atom stereocenters. The molecule has 0 saturated carbocycles. The van der Waals surface area contributed by atoms with E-state index in [4.69, 9.17) is 19.4 Å². The van der Waals surface area contributed by atoms with Crippen LogP contribution in [0, 0.1) is 5.41 Å². The molecule has 1 N–H and O–H groups in total. The Hall–Kier alpha value is -2.65. The van der Waals surface area contributed by atoms with Crippen molar-refractivity contribution in [2.45, 2.75) is 31.9 Å². The number of likely N-dealkylation sites (N-methyl/N-ethyl adjacent to an activating group) is 1. The zero-order valence-electron chi connectivity index (χ0n) is 18.9. The molecule has 1 atom stereocenters. The highest BCUT2D eigenvalue weighted by molar-refractivity contribution is 5.81. The van der Waals surface area contributed by atoms with Gasteiger partial charge >= 0.3 is 5.97 Å². The second kappa shape index (κ2) is 10.8. The number of likely N-dealkylation sites (tertiary alicyclic amines) is 1. The van der Waals surface area contributed by atoms with Crippen LogP contribution in [0.1, 0.15) is 24.8 Å². The summed E-state index contributed by atoms with van der Waals surface area (Å²) in [6.07, 6.45) is 2.14. The van der Waals surface area contributed by atoms with E-state index >= 15 is 0 Å². The maximum absolute atomic E-state index is 12.9. The van der Waals surface area contributed by atoms with Gasteiger partial charge in [0, 0.05) is 44.7 Å². The van der Waals surface area contributed by atoms with E-state index in [9.17, 15) is 9.59 Å². The van der Waals surface area contributed by atoms with E-state index in [1.165, 1.54) is 0 Å². The molecule has 1 aromatic rings. The van der Waals surface area contributed by atoms with E-state index in [1.807, 2.05) is 37.2 Å². The van der Waals surface area contributed by atoms with Crippen LogP contribution in [0.2, 0.25) is 0 Å². The predicted octanol–water partition coefficient (Wildman–Crippen LogP) is 1.07. The normalized spacial score (nSPS) is 22.3. The number of benzene rings is 1. The molecule has 176 valence electrons. The molecule has 32 heavy (non-hydrogen) atoms. The third-order valence-corrected chi connectivity index (χ3v) is 6.36. The zero-order chi connectivity index (χ0) is 23.1. The fourth-order valence-electron chi connectivity index (χ4n) is 4.74. The smallest absolute Gasteiger partial charge is 0.312 e. The monoisotopic (exact) mass is 447 g/mol. The summed E-state index contributed by atoms with van der Waals surface area (Å²) >= 11 is 0. The lowest BCUT2D eigenvalue weighted by Crippen LogP contribution is -2.48. The van der Waals surface area contributed by atoms with E-state index < -0.39 is 5.41 Å². The van der Waals surface area contributed by atoms with Crippen LogP contribution in [0.5, 0.6) is 5.75 Å². The molecule has 3 aliphatic rings. The minimum atomic E-state index is -0.396. The van der Waals surface area contributed by atoms with Crippen LogP contribution >= 0.6 is 0 Å². The van der Waals surface area contributed by atoms with Gasteiger partial charge in [0.2, 0.25) is 5.91 Å². The molecule has 4 rings (SSSR count). The summed E-state index contributed by atoms with van der Waals surface area (Å²) in [7, 11) is 3.98. The standard InChI is InChI=1S/C22H31N3O4.CH2O2/c1-23(2)15-18-13-22(21(27)29-18)7-9-25(10-8-22)20(26)16-24-11-12-28-19-6-4-3-5-17(19)14-24;2-1-3/h3-6,18H,7-16H2,1-2H3;1H,(H,2,3). The second-order valence-electron chi connectivity index (χ2n) is 8.93. The van der Waals surface area contributed by atoms with Gasteiger partial charge in [-0.05, 0) is 33.0 Å². The Kier molecular flexibility index (Phi) is 8.09. The van der Waals surface area contributed by atoms with E-state index in [0.717, 1.165) is 37.4 Å². The number of nitrogens with zero attached hydrogens (tertiary/aromatic N) is 3. The molecule has 3 aliphatic heterocycles. The molecule has 0 aromatic heterocycles. The number of amides is 1. The molecule has 1 aromatic carbocycles. The number of piperidine rings is 1. The first-order valence-electron chi connectivity index (χ1n) is 11.0. The highest BCUT2D eigenvalue weighted by atomic mass is 16.6. The van der Waals surface area contributed by atoms with Crippen molar-refractivity contribution in [3.8, 4) is 5.75 Å². The van der Waals surface area contributed by atoms with Gasteiger partial charge in [0.1, 0.15) is 18.5 Å². The molecule has 2 saturated heterocycles. The Morgan fingerprint density at radius 1 is 1.25 bits per heavy atom. The summed E-state index contributed by atoms with van der Waals surface area (Å²) in [5, 5.41) is 6.89. The van der Waals surface area contributed by atoms with Crippen LogP contribution in [0.3, 0.4) is 0 Å². The largest absolute Gasteiger partial charge is 0.492 e. The van der Waals surface area contributed by atoms with Crippen molar-refractivity contribution in [3.63, 3.8) is 0 Å². The third-order valence-electron chi connectivity index (χ3n) is 6.36. The zero-order valence-corrected chi connectivity index (χ0v) is 18.9. The number of hydrogen-bond donors (Lipinski definition) is 1. The molecule has 9 nitrogen and oxygen atoms in total. The van der Waals surface area contributed by atoms with Crippen molar-refractivity contribution in [1.82, 2.24) is 14.7 Å². The number of hydrogen-bond acceptors (Lipinski definition) is 7. The van der Waals surface area contributed by atoms with Gasteiger partial charge in [-0.15, -0.1) is 0 Å². The maximum atomic E-state index is 12.9. The number of carbonyl (C=O) groups excluding carboxylic acids is 2. The van der Waals surface area contributed by atoms with Gasteiger partial charge in [-0.25, -0.2) is 0 Å². The molecule has 0 radical (unpaired) electrons. The van der Waals surface area contributed by atoms with Gasteiger partial charge in [-0.3, -0.25) is 19.3 Å². The minimum Gasteiger partial charge on any atom is -0.492 e. The Bertz CT molecular complexity index is 807. The Morgan fingerprint density at radius 3 is 2.62 bits per heavy atom. The van der Waals surface area contributed by atoms with Crippen molar-refractivity contribution in [3.05, 3.63) is 29.8 Å². The average Bonchev–Trinajstić information content (AvgIpc) is 2.91. The maximum Gasteiger partial charge on any atom is 0.312 e. The molecule has 3 heterocycles. The van der Waals surface area contributed by atoms with Crippen LogP contribution in [0.25, 0.3) is 0 Å².